The maximum absolute atomic E-state index is 12.5. The second kappa shape index (κ2) is 7.19. The van der Waals surface area contributed by atoms with E-state index in [-0.39, 0.29) is 18.3 Å². The van der Waals surface area contributed by atoms with Crippen molar-refractivity contribution >= 4 is 35.6 Å². The monoisotopic (exact) mass is 316 g/mol. The molecule has 20 heavy (non-hydrogen) atoms. The molecular weight excluding hydrogens is 295 g/mol. The largest absolute Gasteiger partial charge is 0.399 e. The molecule has 2 rings (SSSR count). The molecule has 0 aliphatic heterocycles. The molecule has 1 aliphatic carbocycles. The summed E-state index contributed by atoms with van der Waals surface area (Å²) in [7, 11) is 1.88. The quantitative estimate of drug-likeness (QED) is 0.838. The maximum atomic E-state index is 12.5. The molecule has 0 radical (unpaired) electrons. The van der Waals surface area contributed by atoms with E-state index in [1.54, 1.807) is 18.2 Å². The molecule has 0 saturated heterocycles. The van der Waals surface area contributed by atoms with Crippen LogP contribution in [0.25, 0.3) is 0 Å². The third-order valence-electron chi connectivity index (χ3n) is 4.11. The van der Waals surface area contributed by atoms with Gasteiger partial charge in [-0.25, -0.2) is 0 Å². The van der Waals surface area contributed by atoms with E-state index in [0.29, 0.717) is 28.2 Å². The van der Waals surface area contributed by atoms with Crippen LogP contribution in [0.5, 0.6) is 0 Å². The van der Waals surface area contributed by atoms with Gasteiger partial charge in [0.05, 0.1) is 10.6 Å². The molecule has 1 aromatic carbocycles. The molecule has 2 atom stereocenters. The van der Waals surface area contributed by atoms with Gasteiger partial charge in [-0.05, 0) is 37.0 Å². The summed E-state index contributed by atoms with van der Waals surface area (Å²) in [5, 5.41) is 0.431. The van der Waals surface area contributed by atoms with Crippen molar-refractivity contribution in [1.82, 2.24) is 4.90 Å². The highest BCUT2D eigenvalue weighted by atomic mass is 35.5. The number of hydrogen-bond acceptors (Lipinski definition) is 2. The molecule has 1 fully saturated rings. The summed E-state index contributed by atoms with van der Waals surface area (Å²) >= 11 is 6.12. The number of hydrogen-bond donors (Lipinski definition) is 1. The summed E-state index contributed by atoms with van der Waals surface area (Å²) in [6.45, 7) is 2.22. The van der Waals surface area contributed by atoms with Crippen LogP contribution in [-0.4, -0.2) is 23.9 Å². The number of nitrogens with zero attached hydrogens (tertiary/aromatic N) is 1. The average Bonchev–Trinajstić information content (AvgIpc) is 2.38. The third kappa shape index (κ3) is 3.58. The van der Waals surface area contributed by atoms with Gasteiger partial charge < -0.3 is 10.6 Å². The van der Waals surface area contributed by atoms with Gasteiger partial charge in [-0.3, -0.25) is 4.79 Å². The molecule has 2 N–H and O–H groups in total. The molecule has 1 amide bonds. The number of carbonyl (C=O) groups is 1. The van der Waals surface area contributed by atoms with Crippen LogP contribution in [0.3, 0.4) is 0 Å². The molecule has 1 saturated carbocycles. The van der Waals surface area contributed by atoms with Gasteiger partial charge in [0, 0.05) is 18.8 Å². The van der Waals surface area contributed by atoms with Crippen LogP contribution in [-0.2, 0) is 0 Å². The zero-order valence-electron chi connectivity index (χ0n) is 11.9. The Morgan fingerprint density at radius 3 is 2.60 bits per heavy atom. The Morgan fingerprint density at radius 2 is 2.00 bits per heavy atom. The summed E-state index contributed by atoms with van der Waals surface area (Å²) < 4.78 is 0. The van der Waals surface area contributed by atoms with Crippen molar-refractivity contribution in [3.05, 3.63) is 28.8 Å². The fourth-order valence-electron chi connectivity index (χ4n) is 2.92. The summed E-state index contributed by atoms with van der Waals surface area (Å²) in [4.78, 5) is 14.4. The van der Waals surface area contributed by atoms with Crippen LogP contribution in [0, 0.1) is 5.92 Å². The Balaban J connectivity index is 0.00000200. The number of nitrogens with two attached hydrogens (primary N) is 1. The Morgan fingerprint density at radius 1 is 1.35 bits per heavy atom. The predicted octanol–water partition coefficient (Wildman–Crippen LogP) is 3.99. The highest BCUT2D eigenvalue weighted by Crippen LogP contribution is 2.29. The van der Waals surface area contributed by atoms with Crippen LogP contribution < -0.4 is 5.73 Å². The van der Waals surface area contributed by atoms with E-state index in [1.165, 1.54) is 19.3 Å². The third-order valence-corrected chi connectivity index (χ3v) is 4.42. The van der Waals surface area contributed by atoms with Crippen molar-refractivity contribution in [2.45, 2.75) is 38.6 Å². The van der Waals surface area contributed by atoms with E-state index in [2.05, 4.69) is 6.92 Å². The minimum atomic E-state index is -0.0104. The Kier molecular flexibility index (Phi) is 6.15. The summed E-state index contributed by atoms with van der Waals surface area (Å²) in [6, 6.07) is 5.38. The highest BCUT2D eigenvalue weighted by Gasteiger charge is 2.29. The lowest BCUT2D eigenvalue weighted by Gasteiger charge is -2.36. The molecule has 5 heteroatoms. The summed E-state index contributed by atoms with van der Waals surface area (Å²) in [5.74, 6) is 0.541. The van der Waals surface area contributed by atoms with Gasteiger partial charge in [0.1, 0.15) is 0 Å². The number of amides is 1. The van der Waals surface area contributed by atoms with Gasteiger partial charge in [0.15, 0.2) is 0 Å². The molecule has 112 valence electrons. The maximum Gasteiger partial charge on any atom is 0.255 e. The van der Waals surface area contributed by atoms with E-state index in [9.17, 15) is 4.79 Å². The van der Waals surface area contributed by atoms with Gasteiger partial charge in [-0.1, -0.05) is 31.4 Å². The van der Waals surface area contributed by atoms with Crippen molar-refractivity contribution in [2.75, 3.05) is 12.8 Å². The normalized spacial score (nSPS) is 21.9. The first-order chi connectivity index (χ1) is 9.00. The second-order valence-corrected chi connectivity index (χ2v) is 5.89. The number of anilines is 1. The van der Waals surface area contributed by atoms with Crippen molar-refractivity contribution in [3.63, 3.8) is 0 Å². The first-order valence-corrected chi connectivity index (χ1v) is 7.20. The number of rotatable bonds is 2. The van der Waals surface area contributed by atoms with Crippen LogP contribution in [0.2, 0.25) is 5.02 Å². The zero-order valence-corrected chi connectivity index (χ0v) is 13.5. The van der Waals surface area contributed by atoms with Crippen molar-refractivity contribution in [3.8, 4) is 0 Å². The molecule has 0 heterocycles. The summed E-state index contributed by atoms with van der Waals surface area (Å²) in [5.41, 5.74) is 6.78. The Bertz CT molecular complexity index is 479. The standard InChI is InChI=1S/C15H21ClN2O.ClH/c1-10-5-3-4-6-14(10)18(2)15(19)12-8-7-11(17)9-13(12)16;/h7-10,14H,3-6,17H2,1-2H3;1H. The predicted molar refractivity (Wildman–Crippen MR) is 86.6 cm³/mol. The molecule has 0 spiro atoms. The smallest absolute Gasteiger partial charge is 0.255 e. The van der Waals surface area contributed by atoms with Gasteiger partial charge in [0.2, 0.25) is 0 Å². The number of nitrogen functional groups attached to an aromatic ring is 1. The SMILES string of the molecule is CC1CCCCC1N(C)C(=O)c1ccc(N)cc1Cl.Cl. The van der Waals surface area contributed by atoms with E-state index < -0.39 is 0 Å². The van der Waals surface area contributed by atoms with Crippen molar-refractivity contribution in [1.29, 1.82) is 0 Å². The molecule has 1 aliphatic rings. The molecule has 0 aromatic heterocycles. The average molecular weight is 317 g/mol. The fourth-order valence-corrected chi connectivity index (χ4v) is 3.19. The number of benzene rings is 1. The van der Waals surface area contributed by atoms with Crippen LogP contribution in [0.15, 0.2) is 18.2 Å². The molecule has 1 aromatic rings. The zero-order chi connectivity index (χ0) is 14.0. The van der Waals surface area contributed by atoms with Crippen LogP contribution in [0.4, 0.5) is 5.69 Å². The Labute approximate surface area is 131 Å². The summed E-state index contributed by atoms with van der Waals surface area (Å²) in [6.07, 6.45) is 4.73. The topological polar surface area (TPSA) is 46.3 Å². The lowest BCUT2D eigenvalue weighted by atomic mass is 9.85. The lowest BCUT2D eigenvalue weighted by Crippen LogP contribution is -2.42. The molecule has 3 nitrogen and oxygen atoms in total. The number of halogens is 2. The van der Waals surface area contributed by atoms with E-state index in [4.69, 9.17) is 17.3 Å². The van der Waals surface area contributed by atoms with Crippen molar-refractivity contribution in [2.24, 2.45) is 5.92 Å². The van der Waals surface area contributed by atoms with E-state index >= 15 is 0 Å². The minimum absolute atomic E-state index is 0. The van der Waals surface area contributed by atoms with Gasteiger partial charge in [-0.2, -0.15) is 0 Å². The van der Waals surface area contributed by atoms with Gasteiger partial charge in [0.25, 0.3) is 5.91 Å². The first-order valence-electron chi connectivity index (χ1n) is 6.83. The van der Waals surface area contributed by atoms with E-state index in [1.807, 2.05) is 11.9 Å². The Hall–Kier alpha value is -0.930. The highest BCUT2D eigenvalue weighted by molar-refractivity contribution is 6.34. The molecule has 2 unspecified atom stereocenters. The lowest BCUT2D eigenvalue weighted by molar-refractivity contribution is 0.0629. The molecule has 0 bridgehead atoms. The minimum Gasteiger partial charge on any atom is -0.399 e. The van der Waals surface area contributed by atoms with E-state index in [0.717, 1.165) is 6.42 Å². The van der Waals surface area contributed by atoms with Gasteiger partial charge in [-0.15, -0.1) is 12.4 Å². The number of carbonyl (C=O) groups excluding carboxylic acids is 1. The van der Waals surface area contributed by atoms with Crippen molar-refractivity contribution < 1.29 is 4.79 Å². The first kappa shape index (κ1) is 17.1. The van der Waals surface area contributed by atoms with Crippen LogP contribution in [0.1, 0.15) is 43.0 Å². The van der Waals surface area contributed by atoms with Gasteiger partial charge >= 0.3 is 0 Å². The second-order valence-electron chi connectivity index (χ2n) is 5.48. The molecular formula is C15H22Cl2N2O. The fraction of sp³-hybridized carbons (Fsp3) is 0.533. The van der Waals surface area contributed by atoms with Crippen LogP contribution >= 0.6 is 24.0 Å².